The highest BCUT2D eigenvalue weighted by Gasteiger charge is 2.34. The van der Waals surface area contributed by atoms with Crippen LogP contribution in [0.25, 0.3) is 0 Å². The SMILES string of the molecule is CCCN(C1CNC1)S(=O)(=O)c1ccc(S(C)(=O)=O)cc1. The van der Waals surface area contributed by atoms with E-state index in [1.165, 1.54) is 28.6 Å². The molecule has 6 nitrogen and oxygen atoms in total. The predicted octanol–water partition coefficient (Wildman–Crippen LogP) is 0.463. The molecule has 0 amide bonds. The summed E-state index contributed by atoms with van der Waals surface area (Å²) < 4.78 is 49.7. The molecule has 0 radical (unpaired) electrons. The number of nitrogens with one attached hydrogen (secondary N) is 1. The van der Waals surface area contributed by atoms with Crippen LogP contribution in [0, 0.1) is 0 Å². The van der Waals surface area contributed by atoms with Crippen molar-refractivity contribution in [3.05, 3.63) is 24.3 Å². The first-order chi connectivity index (χ1) is 9.76. The highest BCUT2D eigenvalue weighted by atomic mass is 32.2. The average molecular weight is 332 g/mol. The van der Waals surface area contributed by atoms with Crippen LogP contribution in [0.15, 0.2) is 34.1 Å². The van der Waals surface area contributed by atoms with Gasteiger partial charge < -0.3 is 5.32 Å². The van der Waals surface area contributed by atoms with Gasteiger partial charge in [0.05, 0.1) is 15.8 Å². The van der Waals surface area contributed by atoms with Gasteiger partial charge in [-0.25, -0.2) is 16.8 Å². The van der Waals surface area contributed by atoms with E-state index in [1.807, 2.05) is 6.92 Å². The maximum atomic E-state index is 12.7. The quantitative estimate of drug-likeness (QED) is 0.818. The second-order valence-electron chi connectivity index (χ2n) is 5.17. The number of sulfonamides is 1. The Balaban J connectivity index is 2.33. The van der Waals surface area contributed by atoms with Crippen LogP contribution in [0.3, 0.4) is 0 Å². The van der Waals surface area contributed by atoms with Crippen molar-refractivity contribution in [2.45, 2.75) is 29.2 Å². The first-order valence-corrected chi connectivity index (χ1v) is 10.1. The molecule has 0 atom stereocenters. The van der Waals surface area contributed by atoms with E-state index in [9.17, 15) is 16.8 Å². The molecule has 0 aliphatic carbocycles. The van der Waals surface area contributed by atoms with Gasteiger partial charge in [-0.15, -0.1) is 0 Å². The predicted molar refractivity (Wildman–Crippen MR) is 80.4 cm³/mol. The van der Waals surface area contributed by atoms with Crippen molar-refractivity contribution >= 4 is 19.9 Å². The molecule has 1 aromatic carbocycles. The standard InChI is InChI=1S/C13H20N2O4S2/c1-3-8-15(11-9-14-10-11)21(18,19)13-6-4-12(5-7-13)20(2,16)17/h4-7,11,14H,3,8-10H2,1-2H3. The van der Waals surface area contributed by atoms with E-state index in [0.717, 1.165) is 12.7 Å². The molecule has 1 aliphatic heterocycles. The molecule has 0 unspecified atom stereocenters. The number of hydrogen-bond donors (Lipinski definition) is 1. The minimum Gasteiger partial charge on any atom is -0.313 e. The van der Waals surface area contributed by atoms with E-state index < -0.39 is 19.9 Å². The van der Waals surface area contributed by atoms with Gasteiger partial charge in [0, 0.05) is 25.9 Å². The Labute approximate surface area is 126 Å². The highest BCUT2D eigenvalue weighted by molar-refractivity contribution is 7.90. The van der Waals surface area contributed by atoms with Crippen molar-refractivity contribution in [1.82, 2.24) is 9.62 Å². The molecular weight excluding hydrogens is 312 g/mol. The second kappa shape index (κ2) is 6.04. The Kier molecular flexibility index (Phi) is 4.72. The van der Waals surface area contributed by atoms with Crippen LogP contribution in [0.2, 0.25) is 0 Å². The van der Waals surface area contributed by atoms with Gasteiger partial charge in [-0.3, -0.25) is 0 Å². The topological polar surface area (TPSA) is 83.6 Å². The minimum absolute atomic E-state index is 0.0236. The van der Waals surface area contributed by atoms with Crippen molar-refractivity contribution in [3.63, 3.8) is 0 Å². The fourth-order valence-electron chi connectivity index (χ4n) is 2.19. The van der Waals surface area contributed by atoms with Crippen molar-refractivity contribution in [2.75, 3.05) is 25.9 Å². The van der Waals surface area contributed by atoms with Crippen LogP contribution in [0.4, 0.5) is 0 Å². The molecule has 1 saturated heterocycles. The van der Waals surface area contributed by atoms with E-state index in [0.29, 0.717) is 19.6 Å². The summed E-state index contributed by atoms with van der Waals surface area (Å²) in [6, 6.07) is 5.38. The normalized spacial score (nSPS) is 16.9. The molecular formula is C13H20N2O4S2. The molecule has 1 N–H and O–H groups in total. The van der Waals surface area contributed by atoms with Crippen LogP contribution >= 0.6 is 0 Å². The van der Waals surface area contributed by atoms with E-state index in [1.54, 1.807) is 0 Å². The first-order valence-electron chi connectivity index (χ1n) is 6.79. The third-order valence-electron chi connectivity index (χ3n) is 3.47. The smallest absolute Gasteiger partial charge is 0.243 e. The Bertz CT molecular complexity index is 692. The third kappa shape index (κ3) is 3.45. The summed E-state index contributed by atoms with van der Waals surface area (Å²) in [4.78, 5) is 0.254. The van der Waals surface area contributed by atoms with Gasteiger partial charge in [0.2, 0.25) is 10.0 Å². The van der Waals surface area contributed by atoms with Crippen molar-refractivity contribution < 1.29 is 16.8 Å². The van der Waals surface area contributed by atoms with Crippen LogP contribution in [0.1, 0.15) is 13.3 Å². The van der Waals surface area contributed by atoms with E-state index in [-0.39, 0.29) is 15.8 Å². The average Bonchev–Trinajstić information content (AvgIpc) is 2.35. The Morgan fingerprint density at radius 1 is 1.10 bits per heavy atom. The zero-order chi connectivity index (χ0) is 15.7. The number of sulfone groups is 1. The van der Waals surface area contributed by atoms with Gasteiger partial charge in [0.25, 0.3) is 0 Å². The van der Waals surface area contributed by atoms with E-state index >= 15 is 0 Å². The number of rotatable bonds is 6. The Morgan fingerprint density at radius 2 is 1.62 bits per heavy atom. The summed E-state index contributed by atoms with van der Waals surface area (Å²) in [5.74, 6) is 0. The maximum Gasteiger partial charge on any atom is 0.243 e. The summed E-state index contributed by atoms with van der Waals surface area (Å²) in [5.41, 5.74) is 0. The molecule has 0 saturated carbocycles. The monoisotopic (exact) mass is 332 g/mol. The zero-order valence-corrected chi connectivity index (χ0v) is 13.7. The van der Waals surface area contributed by atoms with Crippen molar-refractivity contribution in [3.8, 4) is 0 Å². The van der Waals surface area contributed by atoms with Gasteiger partial charge in [0.1, 0.15) is 0 Å². The lowest BCUT2D eigenvalue weighted by molar-refractivity contribution is 0.242. The lowest BCUT2D eigenvalue weighted by Gasteiger charge is -2.37. The molecule has 0 aromatic heterocycles. The number of hydrogen-bond acceptors (Lipinski definition) is 5. The summed E-state index contributed by atoms with van der Waals surface area (Å²) in [6.07, 6.45) is 1.83. The highest BCUT2D eigenvalue weighted by Crippen LogP contribution is 2.22. The second-order valence-corrected chi connectivity index (χ2v) is 9.08. The van der Waals surface area contributed by atoms with Gasteiger partial charge in [-0.05, 0) is 30.7 Å². The van der Waals surface area contributed by atoms with Gasteiger partial charge in [-0.1, -0.05) is 6.92 Å². The van der Waals surface area contributed by atoms with Crippen molar-refractivity contribution in [2.24, 2.45) is 0 Å². The zero-order valence-electron chi connectivity index (χ0n) is 12.1. The summed E-state index contributed by atoms with van der Waals surface area (Å²) in [7, 11) is -6.91. The Morgan fingerprint density at radius 3 is 2.00 bits per heavy atom. The van der Waals surface area contributed by atoms with Crippen LogP contribution in [-0.2, 0) is 19.9 Å². The van der Waals surface area contributed by atoms with Gasteiger partial charge in [0.15, 0.2) is 9.84 Å². The fraction of sp³-hybridized carbons (Fsp3) is 0.538. The Hall–Kier alpha value is -0.960. The molecule has 0 spiro atoms. The van der Waals surface area contributed by atoms with E-state index in [4.69, 9.17) is 0 Å². The lowest BCUT2D eigenvalue weighted by Crippen LogP contribution is -2.58. The fourth-order valence-corrected chi connectivity index (χ4v) is 4.54. The van der Waals surface area contributed by atoms with E-state index in [2.05, 4.69) is 5.32 Å². The lowest BCUT2D eigenvalue weighted by atomic mass is 10.2. The van der Waals surface area contributed by atoms with Crippen LogP contribution < -0.4 is 5.32 Å². The summed E-state index contributed by atoms with van der Waals surface area (Å²) >= 11 is 0. The van der Waals surface area contributed by atoms with Crippen molar-refractivity contribution in [1.29, 1.82) is 0 Å². The molecule has 0 bridgehead atoms. The third-order valence-corrected chi connectivity index (χ3v) is 6.56. The molecule has 1 heterocycles. The van der Waals surface area contributed by atoms with Gasteiger partial charge in [-0.2, -0.15) is 4.31 Å². The summed E-state index contributed by atoms with van der Waals surface area (Å²) in [6.45, 7) is 3.70. The maximum absolute atomic E-state index is 12.7. The molecule has 1 fully saturated rings. The molecule has 1 aliphatic rings. The van der Waals surface area contributed by atoms with Crippen LogP contribution in [0.5, 0.6) is 0 Å². The van der Waals surface area contributed by atoms with Gasteiger partial charge >= 0.3 is 0 Å². The molecule has 8 heteroatoms. The number of nitrogens with zero attached hydrogens (tertiary/aromatic N) is 1. The first kappa shape index (κ1) is 16.4. The number of benzene rings is 1. The largest absolute Gasteiger partial charge is 0.313 e. The molecule has 21 heavy (non-hydrogen) atoms. The molecule has 118 valence electrons. The minimum atomic E-state index is -3.59. The molecule has 1 aromatic rings. The summed E-state index contributed by atoms with van der Waals surface area (Å²) in [5, 5.41) is 3.07. The van der Waals surface area contributed by atoms with Crippen LogP contribution in [-0.4, -0.2) is 53.1 Å². The molecule has 2 rings (SSSR count).